The molecule has 1 aliphatic rings. The zero-order valence-electron chi connectivity index (χ0n) is 11.5. The number of para-hydroxylation sites is 1. The third-order valence-electron chi connectivity index (χ3n) is 3.49. The predicted octanol–water partition coefficient (Wildman–Crippen LogP) is 1.34. The van der Waals surface area contributed by atoms with Crippen molar-refractivity contribution in [3.8, 4) is 0 Å². The van der Waals surface area contributed by atoms with Gasteiger partial charge in [0.05, 0.1) is 12.7 Å². The van der Waals surface area contributed by atoms with Crippen molar-refractivity contribution >= 4 is 11.6 Å². The fourth-order valence-corrected chi connectivity index (χ4v) is 2.46. The Morgan fingerprint density at radius 3 is 3.10 bits per heavy atom. The van der Waals surface area contributed by atoms with Crippen molar-refractivity contribution < 1.29 is 4.79 Å². The van der Waals surface area contributed by atoms with E-state index in [9.17, 15) is 4.79 Å². The molecule has 0 bridgehead atoms. The average Bonchev–Trinajstić information content (AvgIpc) is 3.04. The number of aryl methyl sites for hydroxylation is 1. The molecule has 0 saturated heterocycles. The van der Waals surface area contributed by atoms with Crippen molar-refractivity contribution in [2.24, 2.45) is 0 Å². The Kier molecular flexibility index (Phi) is 3.41. The summed E-state index contributed by atoms with van der Waals surface area (Å²) in [7, 11) is 0. The maximum Gasteiger partial charge on any atom is 0.242 e. The third kappa shape index (κ3) is 2.66. The molecule has 3 rings (SSSR count). The Morgan fingerprint density at radius 1 is 1.50 bits per heavy atom. The molecule has 1 amide bonds. The Balaban J connectivity index is 1.49. The summed E-state index contributed by atoms with van der Waals surface area (Å²) in [5, 5.41) is 10.4. The lowest BCUT2D eigenvalue weighted by Gasteiger charge is -2.11. The first-order valence-corrected chi connectivity index (χ1v) is 6.83. The van der Waals surface area contributed by atoms with Gasteiger partial charge >= 0.3 is 0 Å². The zero-order valence-corrected chi connectivity index (χ0v) is 11.5. The van der Waals surface area contributed by atoms with E-state index in [1.165, 1.54) is 5.56 Å². The molecule has 1 aromatic carbocycles. The minimum absolute atomic E-state index is 0.0464. The summed E-state index contributed by atoms with van der Waals surface area (Å²) in [5.74, 6) is 0.0464. The molecule has 0 fully saturated rings. The molecule has 2 heterocycles. The van der Waals surface area contributed by atoms with Crippen LogP contribution in [0.5, 0.6) is 0 Å². The van der Waals surface area contributed by atoms with Crippen molar-refractivity contribution in [2.45, 2.75) is 25.9 Å². The average molecular weight is 270 g/mol. The van der Waals surface area contributed by atoms with E-state index in [1.807, 2.05) is 42.2 Å². The predicted molar refractivity (Wildman–Crippen MR) is 77.5 cm³/mol. The highest BCUT2D eigenvalue weighted by Gasteiger charge is 2.25. The number of anilines is 1. The largest absolute Gasteiger partial charge is 0.373 e. The molecule has 0 unspecified atom stereocenters. The highest BCUT2D eigenvalue weighted by atomic mass is 16.2. The second-order valence-corrected chi connectivity index (χ2v) is 5.13. The quantitative estimate of drug-likeness (QED) is 0.881. The highest BCUT2D eigenvalue weighted by Crippen LogP contribution is 2.24. The third-order valence-corrected chi connectivity index (χ3v) is 3.49. The van der Waals surface area contributed by atoms with E-state index in [2.05, 4.69) is 21.8 Å². The standard InChI is InChI=1S/C15H18N4O/c1-11-9-17-19(10-11)7-6-16-15(20)14-8-12-4-2-3-5-13(12)18-14/h2-5,9-10,14,18H,6-8H2,1H3,(H,16,20)/t14-/m0/s1. The molecule has 0 saturated carbocycles. The maximum absolute atomic E-state index is 12.1. The summed E-state index contributed by atoms with van der Waals surface area (Å²) in [6, 6.07) is 7.89. The van der Waals surface area contributed by atoms with Gasteiger partial charge in [-0.1, -0.05) is 18.2 Å². The highest BCUT2D eigenvalue weighted by molar-refractivity contribution is 5.87. The molecule has 2 N–H and O–H groups in total. The van der Waals surface area contributed by atoms with E-state index < -0.39 is 0 Å². The Morgan fingerprint density at radius 2 is 2.35 bits per heavy atom. The van der Waals surface area contributed by atoms with Gasteiger partial charge in [0.15, 0.2) is 0 Å². The van der Waals surface area contributed by atoms with Crippen LogP contribution in [0.3, 0.4) is 0 Å². The maximum atomic E-state index is 12.1. The van der Waals surface area contributed by atoms with Crippen LogP contribution in [-0.2, 0) is 17.8 Å². The van der Waals surface area contributed by atoms with Crippen LogP contribution >= 0.6 is 0 Å². The summed E-state index contributed by atoms with van der Waals surface area (Å²) in [6.45, 7) is 3.29. The first kappa shape index (κ1) is 12.7. The summed E-state index contributed by atoms with van der Waals surface area (Å²) in [6.07, 6.45) is 4.54. The summed E-state index contributed by atoms with van der Waals surface area (Å²) < 4.78 is 1.84. The second-order valence-electron chi connectivity index (χ2n) is 5.13. The number of amides is 1. The summed E-state index contributed by atoms with van der Waals surface area (Å²) in [4.78, 5) is 12.1. The van der Waals surface area contributed by atoms with E-state index in [-0.39, 0.29) is 11.9 Å². The molecule has 0 radical (unpaired) electrons. The molecule has 5 heteroatoms. The number of carbonyl (C=O) groups is 1. The van der Waals surface area contributed by atoms with E-state index in [0.717, 1.165) is 17.7 Å². The molecule has 1 atom stereocenters. The first-order chi connectivity index (χ1) is 9.72. The first-order valence-electron chi connectivity index (χ1n) is 6.83. The number of aromatic nitrogens is 2. The Hall–Kier alpha value is -2.30. The van der Waals surface area contributed by atoms with Gasteiger partial charge in [0.1, 0.15) is 6.04 Å². The number of rotatable bonds is 4. The van der Waals surface area contributed by atoms with Gasteiger partial charge in [-0.05, 0) is 24.1 Å². The minimum Gasteiger partial charge on any atom is -0.373 e. The van der Waals surface area contributed by atoms with Gasteiger partial charge in [0.25, 0.3) is 0 Å². The summed E-state index contributed by atoms with van der Waals surface area (Å²) >= 11 is 0. The number of nitrogens with one attached hydrogen (secondary N) is 2. The number of benzene rings is 1. The second kappa shape index (κ2) is 5.36. The van der Waals surface area contributed by atoms with Crippen LogP contribution in [0.2, 0.25) is 0 Å². The van der Waals surface area contributed by atoms with Gasteiger partial charge in [0.2, 0.25) is 5.91 Å². The number of nitrogens with zero attached hydrogens (tertiary/aromatic N) is 2. The van der Waals surface area contributed by atoms with E-state index >= 15 is 0 Å². The zero-order chi connectivity index (χ0) is 13.9. The Labute approximate surface area is 118 Å². The molecule has 0 aliphatic carbocycles. The van der Waals surface area contributed by atoms with Gasteiger partial charge in [-0.3, -0.25) is 9.48 Å². The summed E-state index contributed by atoms with van der Waals surface area (Å²) in [5.41, 5.74) is 3.40. The molecule has 20 heavy (non-hydrogen) atoms. The van der Waals surface area contributed by atoms with Gasteiger partial charge in [-0.2, -0.15) is 5.10 Å². The molecule has 0 spiro atoms. The van der Waals surface area contributed by atoms with Crippen LogP contribution in [0, 0.1) is 6.92 Å². The number of fused-ring (bicyclic) bond motifs is 1. The van der Waals surface area contributed by atoms with Gasteiger partial charge in [0, 0.05) is 24.8 Å². The topological polar surface area (TPSA) is 59.0 Å². The number of hydrogen-bond acceptors (Lipinski definition) is 3. The Bertz CT molecular complexity index is 595. The van der Waals surface area contributed by atoms with Crippen LogP contribution in [0.1, 0.15) is 11.1 Å². The monoisotopic (exact) mass is 270 g/mol. The molecule has 5 nitrogen and oxygen atoms in total. The fraction of sp³-hybridized carbons (Fsp3) is 0.333. The number of carbonyl (C=O) groups excluding carboxylic acids is 1. The van der Waals surface area contributed by atoms with E-state index in [4.69, 9.17) is 0 Å². The smallest absolute Gasteiger partial charge is 0.242 e. The van der Waals surface area contributed by atoms with Crippen LogP contribution in [-0.4, -0.2) is 28.3 Å². The molecular weight excluding hydrogens is 252 g/mol. The van der Waals surface area contributed by atoms with Crippen LogP contribution in [0.4, 0.5) is 5.69 Å². The number of hydrogen-bond donors (Lipinski definition) is 2. The van der Waals surface area contributed by atoms with Crippen molar-refractivity contribution in [3.63, 3.8) is 0 Å². The minimum atomic E-state index is -0.160. The molecule has 1 aromatic heterocycles. The lowest BCUT2D eigenvalue weighted by Crippen LogP contribution is -2.39. The normalized spacial score (nSPS) is 16.6. The van der Waals surface area contributed by atoms with Crippen molar-refractivity contribution in [1.82, 2.24) is 15.1 Å². The molecular formula is C15H18N4O. The lowest BCUT2D eigenvalue weighted by molar-refractivity contribution is -0.121. The van der Waals surface area contributed by atoms with Crippen molar-refractivity contribution in [1.29, 1.82) is 0 Å². The SMILES string of the molecule is Cc1cnn(CCNC(=O)[C@@H]2Cc3ccccc3N2)c1. The van der Waals surface area contributed by atoms with E-state index in [1.54, 1.807) is 0 Å². The van der Waals surface area contributed by atoms with Gasteiger partial charge in [-0.15, -0.1) is 0 Å². The molecule has 1 aliphatic heterocycles. The van der Waals surface area contributed by atoms with Gasteiger partial charge < -0.3 is 10.6 Å². The van der Waals surface area contributed by atoms with Crippen LogP contribution < -0.4 is 10.6 Å². The van der Waals surface area contributed by atoms with Gasteiger partial charge in [-0.25, -0.2) is 0 Å². The fourth-order valence-electron chi connectivity index (χ4n) is 2.46. The molecule has 2 aromatic rings. The van der Waals surface area contributed by atoms with E-state index in [0.29, 0.717) is 13.1 Å². The van der Waals surface area contributed by atoms with Crippen LogP contribution in [0.25, 0.3) is 0 Å². The van der Waals surface area contributed by atoms with Crippen molar-refractivity contribution in [3.05, 3.63) is 47.8 Å². The van der Waals surface area contributed by atoms with Crippen molar-refractivity contribution in [2.75, 3.05) is 11.9 Å². The van der Waals surface area contributed by atoms with Crippen LogP contribution in [0.15, 0.2) is 36.7 Å². The molecule has 104 valence electrons. The lowest BCUT2D eigenvalue weighted by atomic mass is 10.1.